The molecular formula is C12H15N3O3S2. The SMILES string of the molecule is COc1ccc(CNS(=O)(=O)c2ccsc2CN)cn1. The number of pyridine rings is 1. The molecule has 0 aliphatic rings. The molecule has 108 valence electrons. The Morgan fingerprint density at radius 2 is 2.20 bits per heavy atom. The molecule has 8 heteroatoms. The third kappa shape index (κ3) is 3.34. The minimum Gasteiger partial charge on any atom is -0.481 e. The van der Waals surface area contributed by atoms with Gasteiger partial charge in [0, 0.05) is 30.2 Å². The maximum absolute atomic E-state index is 12.2. The highest BCUT2D eigenvalue weighted by Crippen LogP contribution is 2.21. The molecule has 0 aromatic carbocycles. The van der Waals surface area contributed by atoms with E-state index in [1.165, 1.54) is 18.4 Å². The van der Waals surface area contributed by atoms with Crippen LogP contribution in [0.1, 0.15) is 10.4 Å². The molecule has 0 saturated carbocycles. The van der Waals surface area contributed by atoms with Gasteiger partial charge in [0.25, 0.3) is 0 Å². The van der Waals surface area contributed by atoms with Gasteiger partial charge in [-0.25, -0.2) is 18.1 Å². The van der Waals surface area contributed by atoms with E-state index in [-0.39, 0.29) is 18.0 Å². The van der Waals surface area contributed by atoms with Crippen molar-refractivity contribution in [1.82, 2.24) is 9.71 Å². The van der Waals surface area contributed by atoms with Gasteiger partial charge in [0.2, 0.25) is 15.9 Å². The highest BCUT2D eigenvalue weighted by Gasteiger charge is 2.18. The Labute approximate surface area is 121 Å². The Hall–Kier alpha value is -1.48. The number of sulfonamides is 1. The molecule has 0 radical (unpaired) electrons. The molecule has 0 aliphatic heterocycles. The van der Waals surface area contributed by atoms with Gasteiger partial charge in [-0.1, -0.05) is 6.07 Å². The molecule has 0 unspecified atom stereocenters. The minimum atomic E-state index is -3.55. The van der Waals surface area contributed by atoms with Crippen LogP contribution in [0.2, 0.25) is 0 Å². The molecule has 2 heterocycles. The zero-order valence-corrected chi connectivity index (χ0v) is 12.5. The number of nitrogens with two attached hydrogens (primary N) is 1. The normalized spacial score (nSPS) is 11.5. The van der Waals surface area contributed by atoms with Crippen molar-refractivity contribution in [3.05, 3.63) is 40.2 Å². The number of aromatic nitrogens is 1. The Kier molecular flexibility index (Phi) is 4.71. The van der Waals surface area contributed by atoms with Crippen LogP contribution in [0.5, 0.6) is 5.88 Å². The molecule has 2 aromatic rings. The van der Waals surface area contributed by atoms with Crippen LogP contribution in [0.15, 0.2) is 34.7 Å². The van der Waals surface area contributed by atoms with Crippen LogP contribution in [0.4, 0.5) is 0 Å². The first-order chi connectivity index (χ1) is 9.56. The summed E-state index contributed by atoms with van der Waals surface area (Å²) in [6.07, 6.45) is 1.57. The largest absolute Gasteiger partial charge is 0.481 e. The zero-order chi connectivity index (χ0) is 14.6. The summed E-state index contributed by atoms with van der Waals surface area (Å²) in [4.78, 5) is 4.91. The van der Waals surface area contributed by atoms with E-state index in [2.05, 4.69) is 9.71 Å². The average Bonchev–Trinajstić information content (AvgIpc) is 2.95. The number of nitrogens with one attached hydrogen (secondary N) is 1. The van der Waals surface area contributed by atoms with Crippen LogP contribution in [0, 0.1) is 0 Å². The zero-order valence-electron chi connectivity index (χ0n) is 10.9. The summed E-state index contributed by atoms with van der Waals surface area (Å²) in [6.45, 7) is 0.372. The van der Waals surface area contributed by atoms with Gasteiger partial charge in [0.05, 0.1) is 12.0 Å². The van der Waals surface area contributed by atoms with Crippen LogP contribution >= 0.6 is 11.3 Å². The Morgan fingerprint density at radius 1 is 1.40 bits per heavy atom. The predicted molar refractivity (Wildman–Crippen MR) is 77.0 cm³/mol. The summed E-state index contributed by atoms with van der Waals surface area (Å²) < 4.78 is 31.8. The van der Waals surface area contributed by atoms with Crippen molar-refractivity contribution < 1.29 is 13.2 Å². The van der Waals surface area contributed by atoms with Gasteiger partial charge in [-0.15, -0.1) is 11.3 Å². The van der Waals surface area contributed by atoms with Crippen molar-refractivity contribution >= 4 is 21.4 Å². The number of hydrogen-bond donors (Lipinski definition) is 2. The second-order valence-corrected chi connectivity index (χ2v) is 6.68. The van der Waals surface area contributed by atoms with Crippen LogP contribution < -0.4 is 15.2 Å². The Morgan fingerprint density at radius 3 is 2.80 bits per heavy atom. The second-order valence-electron chi connectivity index (χ2n) is 3.95. The third-order valence-corrected chi connectivity index (χ3v) is 5.21. The van der Waals surface area contributed by atoms with Gasteiger partial charge < -0.3 is 10.5 Å². The summed E-state index contributed by atoms with van der Waals surface area (Å²) in [5.74, 6) is 0.486. The standard InChI is InChI=1S/C12H15N3O3S2/c1-18-12-3-2-9(7-14-12)8-15-20(16,17)11-4-5-19-10(11)6-13/h2-5,7,15H,6,8,13H2,1H3. The first-order valence-electron chi connectivity index (χ1n) is 5.82. The van der Waals surface area contributed by atoms with Crippen LogP contribution in [0.3, 0.4) is 0 Å². The molecule has 0 saturated heterocycles. The molecule has 20 heavy (non-hydrogen) atoms. The topological polar surface area (TPSA) is 94.3 Å². The lowest BCUT2D eigenvalue weighted by atomic mass is 10.3. The fourth-order valence-electron chi connectivity index (χ4n) is 1.61. The van der Waals surface area contributed by atoms with Gasteiger partial charge in [0.15, 0.2) is 0 Å². The van der Waals surface area contributed by atoms with E-state index in [4.69, 9.17) is 10.5 Å². The Bertz CT molecular complexity index is 666. The van der Waals surface area contributed by atoms with Crippen LogP contribution in [-0.2, 0) is 23.1 Å². The molecule has 0 fully saturated rings. The van der Waals surface area contributed by atoms with E-state index in [1.807, 2.05) is 0 Å². The molecule has 0 atom stereocenters. The lowest BCUT2D eigenvalue weighted by molar-refractivity contribution is 0.397. The summed E-state index contributed by atoms with van der Waals surface area (Å²) in [7, 11) is -2.03. The second kappa shape index (κ2) is 6.31. The van der Waals surface area contributed by atoms with Crippen molar-refractivity contribution in [2.24, 2.45) is 5.73 Å². The number of nitrogens with zero attached hydrogens (tertiary/aromatic N) is 1. The highest BCUT2D eigenvalue weighted by atomic mass is 32.2. The Balaban J connectivity index is 2.09. The lowest BCUT2D eigenvalue weighted by Crippen LogP contribution is -2.24. The maximum Gasteiger partial charge on any atom is 0.242 e. The van der Waals surface area contributed by atoms with Gasteiger partial charge in [-0.3, -0.25) is 0 Å². The summed E-state index contributed by atoms with van der Waals surface area (Å²) in [5, 5.41) is 1.71. The molecule has 6 nitrogen and oxygen atoms in total. The number of hydrogen-bond acceptors (Lipinski definition) is 6. The minimum absolute atomic E-state index is 0.166. The number of thiophene rings is 1. The van der Waals surface area contributed by atoms with Crippen molar-refractivity contribution in [3.63, 3.8) is 0 Å². The van der Waals surface area contributed by atoms with Gasteiger partial charge in [0.1, 0.15) is 0 Å². The molecule has 2 rings (SSSR count). The fourth-order valence-corrected chi connectivity index (χ4v) is 3.96. The smallest absolute Gasteiger partial charge is 0.242 e. The van der Waals surface area contributed by atoms with E-state index in [9.17, 15) is 8.42 Å². The number of methoxy groups -OCH3 is 1. The van der Waals surface area contributed by atoms with E-state index in [1.54, 1.807) is 29.8 Å². The molecule has 0 bridgehead atoms. The van der Waals surface area contributed by atoms with Gasteiger partial charge >= 0.3 is 0 Å². The van der Waals surface area contributed by atoms with Crippen LogP contribution in [0.25, 0.3) is 0 Å². The van der Waals surface area contributed by atoms with E-state index < -0.39 is 10.0 Å². The van der Waals surface area contributed by atoms with Gasteiger partial charge in [-0.2, -0.15) is 0 Å². The van der Waals surface area contributed by atoms with Crippen molar-refractivity contribution in [3.8, 4) is 5.88 Å². The molecular weight excluding hydrogens is 298 g/mol. The summed E-state index contributed by atoms with van der Waals surface area (Å²) in [6, 6.07) is 4.99. The van der Waals surface area contributed by atoms with E-state index >= 15 is 0 Å². The summed E-state index contributed by atoms with van der Waals surface area (Å²) in [5.41, 5.74) is 6.27. The van der Waals surface area contributed by atoms with Gasteiger partial charge in [-0.05, 0) is 17.0 Å². The molecule has 2 aromatic heterocycles. The lowest BCUT2D eigenvalue weighted by Gasteiger charge is -2.07. The maximum atomic E-state index is 12.2. The first-order valence-corrected chi connectivity index (χ1v) is 8.18. The molecule has 3 N–H and O–H groups in total. The monoisotopic (exact) mass is 313 g/mol. The van der Waals surface area contributed by atoms with Crippen molar-refractivity contribution in [2.75, 3.05) is 7.11 Å². The van der Waals surface area contributed by atoms with Crippen LogP contribution in [-0.4, -0.2) is 20.5 Å². The molecule has 0 spiro atoms. The number of ether oxygens (including phenoxy) is 1. The first kappa shape index (κ1) is 14.9. The van der Waals surface area contributed by atoms with Crippen molar-refractivity contribution in [2.45, 2.75) is 18.0 Å². The molecule has 0 amide bonds. The third-order valence-electron chi connectivity index (χ3n) is 2.65. The van der Waals surface area contributed by atoms with Crippen molar-refractivity contribution in [1.29, 1.82) is 0 Å². The quantitative estimate of drug-likeness (QED) is 0.832. The molecule has 0 aliphatic carbocycles. The average molecular weight is 313 g/mol. The highest BCUT2D eigenvalue weighted by molar-refractivity contribution is 7.89. The predicted octanol–water partition coefficient (Wildman–Crippen LogP) is 1.09. The van der Waals surface area contributed by atoms with E-state index in [0.717, 1.165) is 5.56 Å². The summed E-state index contributed by atoms with van der Waals surface area (Å²) >= 11 is 1.33. The fraction of sp³-hybridized carbons (Fsp3) is 0.250. The number of rotatable bonds is 6. The van der Waals surface area contributed by atoms with E-state index in [0.29, 0.717) is 10.8 Å².